The van der Waals surface area contributed by atoms with Gasteiger partial charge in [-0.3, -0.25) is 22.9 Å². The smallest absolute Gasteiger partial charge is 0.343 e. The minimum Gasteiger partial charge on any atom is -0.343 e. The average Bonchev–Trinajstić information content (AvgIpc) is 2.97. The molecule has 2 aliphatic rings. The van der Waals surface area contributed by atoms with Crippen molar-refractivity contribution in [3.63, 3.8) is 0 Å². The second-order valence-corrected chi connectivity index (χ2v) is 9.96. The molecule has 1 N–H and O–H groups in total. The molecule has 186 valence electrons. The number of phosphoric ester groups is 1. The normalized spacial score (nSPS) is 28.8. The lowest BCUT2D eigenvalue weighted by Crippen LogP contribution is -2.45. The Morgan fingerprint density at radius 3 is 2.61 bits per heavy atom. The highest BCUT2D eigenvalue weighted by atomic mass is 31.2. The van der Waals surface area contributed by atoms with Crippen LogP contribution in [0.25, 0.3) is 0 Å². The van der Waals surface area contributed by atoms with E-state index in [-0.39, 0.29) is 17.6 Å². The van der Waals surface area contributed by atoms with Crippen LogP contribution in [0.4, 0.5) is 14.6 Å². The highest BCUT2D eigenvalue weighted by Crippen LogP contribution is 2.60. The Hall–Kier alpha value is -1.72. The maximum absolute atomic E-state index is 15.1. The molecule has 2 saturated heterocycles. The Morgan fingerprint density at radius 2 is 2.03 bits per heavy atom. The largest absolute Gasteiger partial charge is 0.475 e. The first-order valence-electron chi connectivity index (χ1n) is 11.1. The third kappa shape index (κ3) is 5.68. The van der Waals surface area contributed by atoms with Crippen molar-refractivity contribution in [2.45, 2.75) is 83.8 Å². The Morgan fingerprint density at radius 1 is 1.36 bits per heavy atom. The summed E-state index contributed by atoms with van der Waals surface area (Å²) in [5.41, 5.74) is -1.04. The van der Waals surface area contributed by atoms with Gasteiger partial charge in [-0.15, -0.1) is 0 Å². The summed E-state index contributed by atoms with van der Waals surface area (Å²) >= 11 is 0. The van der Waals surface area contributed by atoms with E-state index in [1.54, 1.807) is 13.8 Å². The van der Waals surface area contributed by atoms with Crippen LogP contribution >= 0.6 is 7.82 Å². The number of phosphoric acid groups is 1. The summed E-state index contributed by atoms with van der Waals surface area (Å²) < 4.78 is 63.8. The molecule has 0 aliphatic carbocycles. The number of halogens is 2. The summed E-state index contributed by atoms with van der Waals surface area (Å²) in [4.78, 5) is 28.7. The molecule has 1 amide bonds. The molecule has 33 heavy (non-hydrogen) atoms. The number of nitrogens with one attached hydrogen (secondary N) is 1. The van der Waals surface area contributed by atoms with Crippen LogP contribution in [-0.2, 0) is 27.7 Å². The number of ether oxygens (including phenoxy) is 1. The van der Waals surface area contributed by atoms with E-state index in [0.29, 0.717) is 17.4 Å². The average molecular weight is 493 g/mol. The third-order valence-electron chi connectivity index (χ3n) is 5.31. The molecule has 2 fully saturated rings. The molecule has 4 atom stereocenters. The van der Waals surface area contributed by atoms with Gasteiger partial charge in [-0.05, 0) is 32.8 Å². The van der Waals surface area contributed by atoms with E-state index in [9.17, 15) is 14.2 Å². The number of hydrogen-bond donors (Lipinski definition) is 1. The number of amides is 1. The quantitative estimate of drug-likeness (QED) is 0.515. The lowest BCUT2D eigenvalue weighted by Gasteiger charge is -2.32. The molecule has 0 bridgehead atoms. The Kier molecular flexibility index (Phi) is 8.06. The van der Waals surface area contributed by atoms with E-state index in [1.807, 2.05) is 13.8 Å². The van der Waals surface area contributed by atoms with Crippen LogP contribution in [0.15, 0.2) is 17.1 Å². The summed E-state index contributed by atoms with van der Waals surface area (Å²) in [6.45, 7) is 6.60. The van der Waals surface area contributed by atoms with Crippen LogP contribution in [0.2, 0.25) is 0 Å². The molecule has 13 heteroatoms. The topological polar surface area (TPSA) is 118 Å². The Labute approximate surface area is 190 Å². The highest BCUT2D eigenvalue weighted by Gasteiger charge is 2.65. The minimum absolute atomic E-state index is 0.0356. The van der Waals surface area contributed by atoms with E-state index >= 15 is 8.78 Å². The van der Waals surface area contributed by atoms with Gasteiger partial charge < -0.3 is 10.1 Å². The molecule has 3 rings (SSSR count). The number of anilines is 1. The van der Waals surface area contributed by atoms with Gasteiger partial charge in [0.2, 0.25) is 12.1 Å². The van der Waals surface area contributed by atoms with Gasteiger partial charge in [0.25, 0.3) is 0 Å². The van der Waals surface area contributed by atoms with E-state index in [1.165, 1.54) is 6.07 Å². The number of carbonyl (C=O) groups is 1. The number of hydrogen-bond acceptors (Lipinski definition) is 8. The lowest BCUT2D eigenvalue weighted by atomic mass is 9.97. The molecular formula is C20H30F2N3O7P. The molecule has 0 spiro atoms. The zero-order chi connectivity index (χ0) is 24.4. The fourth-order valence-electron chi connectivity index (χ4n) is 3.87. The molecule has 0 aromatic carbocycles. The summed E-state index contributed by atoms with van der Waals surface area (Å²) in [5, 5.41) is 2.58. The summed E-state index contributed by atoms with van der Waals surface area (Å²) in [6.07, 6.45) is -1.74. The molecule has 3 heterocycles. The number of carbonyl (C=O) groups excluding carboxylic acids is 1. The van der Waals surface area contributed by atoms with Crippen LogP contribution in [0.1, 0.15) is 59.6 Å². The summed E-state index contributed by atoms with van der Waals surface area (Å²) in [7, 11) is -4.21. The zero-order valence-electron chi connectivity index (χ0n) is 19.0. The van der Waals surface area contributed by atoms with Crippen LogP contribution in [-0.4, -0.2) is 46.3 Å². The predicted molar refractivity (Wildman–Crippen MR) is 114 cm³/mol. The SMILES string of the molecule is CCCC(CCC)C(=O)Nc1ccn(C2O[C@@H]3COP(=O)(OC(C)C)OC3C2(F)F)c(=O)n1. The van der Waals surface area contributed by atoms with Crippen molar-refractivity contribution in [1.29, 1.82) is 0 Å². The number of fused-ring (bicyclic) bond motifs is 1. The first-order chi connectivity index (χ1) is 15.5. The highest BCUT2D eigenvalue weighted by molar-refractivity contribution is 7.48. The molecule has 3 unspecified atom stereocenters. The Balaban J connectivity index is 1.77. The molecule has 10 nitrogen and oxygen atoms in total. The fourth-order valence-corrected chi connectivity index (χ4v) is 5.44. The van der Waals surface area contributed by atoms with Gasteiger partial charge in [-0.1, -0.05) is 26.7 Å². The van der Waals surface area contributed by atoms with Crippen LogP contribution < -0.4 is 11.0 Å². The summed E-state index contributed by atoms with van der Waals surface area (Å²) in [6, 6.07) is 1.25. The van der Waals surface area contributed by atoms with E-state index < -0.39 is 50.6 Å². The van der Waals surface area contributed by atoms with E-state index in [2.05, 4.69) is 10.3 Å². The predicted octanol–water partition coefficient (Wildman–Crippen LogP) is 3.88. The maximum Gasteiger partial charge on any atom is 0.475 e. The van der Waals surface area contributed by atoms with Crippen LogP contribution in [0.3, 0.4) is 0 Å². The molecule has 0 radical (unpaired) electrons. The minimum atomic E-state index is -4.21. The standard InChI is InChI=1S/C20H30F2N3O7P/c1-5-7-13(8-6-2)17(26)23-15-9-10-25(19(27)24-15)18-20(21,22)16-14(30-18)11-29-33(28,32-16)31-12(3)4/h9-10,12-14,16,18H,5-8,11H2,1-4H3,(H,23,24,26,27)/t14-,16?,18?,33?/m1/s1. The van der Waals surface area contributed by atoms with Crippen molar-refractivity contribution in [2.75, 3.05) is 11.9 Å². The first-order valence-corrected chi connectivity index (χ1v) is 12.5. The maximum atomic E-state index is 15.1. The fraction of sp³-hybridized carbons (Fsp3) is 0.750. The number of aromatic nitrogens is 2. The van der Waals surface area contributed by atoms with Crippen LogP contribution in [0, 0.1) is 5.92 Å². The van der Waals surface area contributed by atoms with Gasteiger partial charge in [0, 0.05) is 12.1 Å². The van der Waals surface area contributed by atoms with Crippen LogP contribution in [0.5, 0.6) is 0 Å². The van der Waals surface area contributed by atoms with Gasteiger partial charge in [0.15, 0.2) is 6.10 Å². The zero-order valence-corrected chi connectivity index (χ0v) is 19.9. The second-order valence-electron chi connectivity index (χ2n) is 8.39. The molecule has 1 aromatic rings. The Bertz CT molecular complexity index is 952. The molecular weight excluding hydrogens is 463 g/mol. The molecule has 2 aliphatic heterocycles. The van der Waals surface area contributed by atoms with Crippen molar-refractivity contribution in [3.05, 3.63) is 22.7 Å². The second kappa shape index (κ2) is 10.3. The number of nitrogens with zero attached hydrogens (tertiary/aromatic N) is 2. The third-order valence-corrected chi connectivity index (χ3v) is 6.94. The van der Waals surface area contributed by atoms with Crippen molar-refractivity contribution >= 4 is 19.5 Å². The molecule has 0 saturated carbocycles. The number of rotatable bonds is 9. The van der Waals surface area contributed by atoms with Gasteiger partial charge in [-0.25, -0.2) is 9.36 Å². The van der Waals surface area contributed by atoms with E-state index in [0.717, 1.165) is 19.0 Å². The monoisotopic (exact) mass is 493 g/mol. The van der Waals surface area contributed by atoms with Crippen molar-refractivity contribution in [3.8, 4) is 0 Å². The van der Waals surface area contributed by atoms with Crippen molar-refractivity contribution in [1.82, 2.24) is 9.55 Å². The van der Waals surface area contributed by atoms with E-state index in [4.69, 9.17) is 18.3 Å². The summed E-state index contributed by atoms with van der Waals surface area (Å²) in [5.74, 6) is -4.26. The number of alkyl halides is 2. The first kappa shape index (κ1) is 25.9. The van der Waals surface area contributed by atoms with Gasteiger partial charge in [-0.2, -0.15) is 13.8 Å². The van der Waals surface area contributed by atoms with Gasteiger partial charge in [0.1, 0.15) is 11.9 Å². The van der Waals surface area contributed by atoms with Crippen molar-refractivity contribution in [2.24, 2.45) is 5.92 Å². The van der Waals surface area contributed by atoms with Gasteiger partial charge >= 0.3 is 19.4 Å². The molecule has 1 aromatic heterocycles. The lowest BCUT2D eigenvalue weighted by molar-refractivity contribution is -0.139. The van der Waals surface area contributed by atoms with Crippen molar-refractivity contribution < 1.29 is 36.4 Å². The van der Waals surface area contributed by atoms with Gasteiger partial charge in [0.05, 0.1) is 12.7 Å².